The van der Waals surface area contributed by atoms with Crippen LogP contribution in [0.1, 0.15) is 57.7 Å². The Morgan fingerprint density at radius 3 is 2.91 bits per heavy atom. The molecule has 1 aromatic rings. The molecule has 7 heteroatoms. The summed E-state index contributed by atoms with van der Waals surface area (Å²) < 4.78 is 0. The number of nitrogens with zero attached hydrogens (tertiary/aromatic N) is 3. The van der Waals surface area contributed by atoms with E-state index in [-0.39, 0.29) is 11.3 Å². The highest BCUT2D eigenvalue weighted by atomic mass is 16.3. The molecule has 120 valence electrons. The van der Waals surface area contributed by atoms with Gasteiger partial charge in [-0.25, -0.2) is 0 Å². The lowest BCUT2D eigenvalue weighted by Gasteiger charge is -2.64. The third kappa shape index (κ3) is 2.06. The molecular formula is C15H23N5O2. The highest BCUT2D eigenvalue weighted by Gasteiger charge is 2.64. The maximum absolute atomic E-state index is 12.9. The smallest absolute Gasteiger partial charge is 0.226 e. The number of carbonyl (C=O) groups excluding carboxylic acids is 1. The number of tetrazole rings is 1. The van der Waals surface area contributed by atoms with Gasteiger partial charge in [0.05, 0.1) is 17.6 Å². The van der Waals surface area contributed by atoms with Crippen LogP contribution in [0.4, 0.5) is 0 Å². The van der Waals surface area contributed by atoms with Crippen molar-refractivity contribution in [3.63, 3.8) is 0 Å². The van der Waals surface area contributed by atoms with E-state index in [1.807, 2.05) is 0 Å². The SMILES string of the molecule is CC[C@]12C[C@@H]3C[C@@](O)(C1)C[C@@](C(=O)NCc1nn[nH]n1)(C3)C2. The molecule has 4 bridgehead atoms. The van der Waals surface area contributed by atoms with Crippen molar-refractivity contribution < 1.29 is 9.90 Å². The second kappa shape index (κ2) is 4.50. The number of amides is 1. The van der Waals surface area contributed by atoms with Crippen molar-refractivity contribution in [2.24, 2.45) is 16.7 Å². The maximum Gasteiger partial charge on any atom is 0.226 e. The Morgan fingerprint density at radius 2 is 2.23 bits per heavy atom. The van der Waals surface area contributed by atoms with Crippen molar-refractivity contribution in [1.29, 1.82) is 0 Å². The number of hydrogen-bond acceptors (Lipinski definition) is 5. The van der Waals surface area contributed by atoms with E-state index in [0.29, 0.717) is 24.7 Å². The van der Waals surface area contributed by atoms with Crippen LogP contribution in [0.15, 0.2) is 0 Å². The van der Waals surface area contributed by atoms with Crippen molar-refractivity contribution in [1.82, 2.24) is 25.9 Å². The van der Waals surface area contributed by atoms with Gasteiger partial charge in [-0.3, -0.25) is 4.79 Å². The first-order valence-electron chi connectivity index (χ1n) is 8.20. The summed E-state index contributed by atoms with van der Waals surface area (Å²) >= 11 is 0. The van der Waals surface area contributed by atoms with Crippen LogP contribution in [-0.4, -0.2) is 37.2 Å². The van der Waals surface area contributed by atoms with E-state index in [1.54, 1.807) is 0 Å². The third-order valence-electron chi connectivity index (χ3n) is 6.18. The molecule has 0 aliphatic heterocycles. The molecule has 0 aromatic carbocycles. The van der Waals surface area contributed by atoms with Crippen molar-refractivity contribution >= 4 is 5.91 Å². The lowest BCUT2D eigenvalue weighted by Crippen LogP contribution is -2.63. The van der Waals surface area contributed by atoms with Crippen LogP contribution in [0.2, 0.25) is 0 Å². The van der Waals surface area contributed by atoms with Crippen LogP contribution >= 0.6 is 0 Å². The van der Waals surface area contributed by atoms with Crippen molar-refractivity contribution in [3.8, 4) is 0 Å². The minimum Gasteiger partial charge on any atom is -0.390 e. The van der Waals surface area contributed by atoms with Crippen LogP contribution in [-0.2, 0) is 11.3 Å². The molecule has 0 saturated heterocycles. The molecule has 4 aliphatic carbocycles. The second-order valence-corrected chi connectivity index (χ2v) is 7.88. The average Bonchev–Trinajstić information content (AvgIpc) is 2.95. The summed E-state index contributed by atoms with van der Waals surface area (Å²) in [5.41, 5.74) is -0.898. The van der Waals surface area contributed by atoms with Crippen molar-refractivity contribution in [2.75, 3.05) is 0 Å². The first kappa shape index (κ1) is 14.1. The number of aliphatic hydroxyl groups is 1. The van der Waals surface area contributed by atoms with Gasteiger partial charge in [0.15, 0.2) is 5.82 Å². The first-order valence-corrected chi connectivity index (χ1v) is 8.20. The lowest BCUT2D eigenvalue weighted by molar-refractivity contribution is -0.204. The van der Waals surface area contributed by atoms with E-state index in [1.165, 1.54) is 6.42 Å². The Kier molecular flexibility index (Phi) is 2.89. The van der Waals surface area contributed by atoms with Gasteiger partial charge in [0.25, 0.3) is 0 Å². The normalized spacial score (nSPS) is 42.5. The fourth-order valence-corrected chi connectivity index (χ4v) is 5.84. The summed E-state index contributed by atoms with van der Waals surface area (Å²) in [7, 11) is 0. The van der Waals surface area contributed by atoms with Gasteiger partial charge in [0.2, 0.25) is 5.91 Å². The van der Waals surface area contributed by atoms with Crippen LogP contribution in [0.25, 0.3) is 0 Å². The molecule has 1 heterocycles. The molecule has 1 aromatic heterocycles. The second-order valence-electron chi connectivity index (χ2n) is 7.88. The highest BCUT2D eigenvalue weighted by Crippen LogP contribution is 2.67. The van der Waals surface area contributed by atoms with Gasteiger partial charge in [0, 0.05) is 0 Å². The Balaban J connectivity index is 1.56. The third-order valence-corrected chi connectivity index (χ3v) is 6.18. The van der Waals surface area contributed by atoms with Gasteiger partial charge in [-0.1, -0.05) is 18.6 Å². The number of aromatic nitrogens is 4. The quantitative estimate of drug-likeness (QED) is 0.767. The molecule has 0 unspecified atom stereocenters. The summed E-state index contributed by atoms with van der Waals surface area (Å²) in [5, 5.41) is 27.5. The number of aromatic amines is 1. The molecule has 4 aliphatic rings. The molecule has 0 spiro atoms. The maximum atomic E-state index is 12.9. The summed E-state index contributed by atoms with van der Waals surface area (Å²) in [4.78, 5) is 12.9. The van der Waals surface area contributed by atoms with E-state index in [0.717, 1.165) is 32.1 Å². The van der Waals surface area contributed by atoms with E-state index in [2.05, 4.69) is 32.9 Å². The van der Waals surface area contributed by atoms with Gasteiger partial charge in [-0.15, -0.1) is 10.2 Å². The van der Waals surface area contributed by atoms with E-state index in [9.17, 15) is 9.90 Å². The zero-order valence-corrected chi connectivity index (χ0v) is 12.9. The van der Waals surface area contributed by atoms with Gasteiger partial charge in [-0.2, -0.15) is 5.21 Å². The topological polar surface area (TPSA) is 104 Å². The van der Waals surface area contributed by atoms with Gasteiger partial charge in [0.1, 0.15) is 0 Å². The first-order chi connectivity index (χ1) is 10.5. The monoisotopic (exact) mass is 305 g/mol. The predicted octanol–water partition coefficient (Wildman–Crippen LogP) is 0.927. The lowest BCUT2D eigenvalue weighted by atomic mass is 9.42. The molecule has 4 fully saturated rings. The molecule has 0 radical (unpaired) electrons. The molecule has 4 atom stereocenters. The molecule has 7 nitrogen and oxygen atoms in total. The molecule has 22 heavy (non-hydrogen) atoms. The minimum atomic E-state index is -0.640. The molecule has 3 N–H and O–H groups in total. The van der Waals surface area contributed by atoms with Gasteiger partial charge >= 0.3 is 0 Å². The fraction of sp³-hybridized carbons (Fsp3) is 0.867. The van der Waals surface area contributed by atoms with Crippen LogP contribution in [0, 0.1) is 16.7 Å². The number of nitrogens with one attached hydrogen (secondary N) is 2. The zero-order valence-electron chi connectivity index (χ0n) is 12.9. The molecule has 5 rings (SSSR count). The molecule has 1 amide bonds. The van der Waals surface area contributed by atoms with Gasteiger partial charge in [-0.05, 0) is 49.9 Å². The summed E-state index contributed by atoms with van der Waals surface area (Å²) in [5.74, 6) is 1.02. The van der Waals surface area contributed by atoms with Crippen molar-refractivity contribution in [2.45, 2.75) is 64.0 Å². The summed E-state index contributed by atoms with van der Waals surface area (Å²) in [6.45, 7) is 2.49. The zero-order chi connectivity index (χ0) is 15.4. The Morgan fingerprint density at radius 1 is 1.36 bits per heavy atom. The van der Waals surface area contributed by atoms with Crippen LogP contribution in [0.5, 0.6) is 0 Å². The van der Waals surface area contributed by atoms with Crippen molar-refractivity contribution in [3.05, 3.63) is 5.82 Å². The largest absolute Gasteiger partial charge is 0.390 e. The predicted molar refractivity (Wildman–Crippen MR) is 77.3 cm³/mol. The number of carbonyl (C=O) groups is 1. The summed E-state index contributed by atoms with van der Waals surface area (Å²) in [6.07, 6.45) is 6.39. The van der Waals surface area contributed by atoms with E-state index in [4.69, 9.17) is 0 Å². The van der Waals surface area contributed by atoms with Gasteiger partial charge < -0.3 is 10.4 Å². The minimum absolute atomic E-state index is 0.0534. The Bertz CT molecular complexity index is 591. The number of rotatable bonds is 4. The molecule has 4 saturated carbocycles. The Hall–Kier alpha value is -1.50. The number of hydrogen-bond donors (Lipinski definition) is 3. The van der Waals surface area contributed by atoms with Crippen LogP contribution in [0.3, 0.4) is 0 Å². The van der Waals surface area contributed by atoms with E-state index < -0.39 is 11.0 Å². The summed E-state index contributed by atoms with van der Waals surface area (Å²) in [6, 6.07) is 0. The highest BCUT2D eigenvalue weighted by molar-refractivity contribution is 5.83. The Labute approximate surface area is 129 Å². The number of H-pyrrole nitrogens is 1. The van der Waals surface area contributed by atoms with E-state index >= 15 is 0 Å². The fourth-order valence-electron chi connectivity index (χ4n) is 5.84. The average molecular weight is 305 g/mol. The standard InChI is InChI=1S/C15H23N5O2/c1-2-13-3-10-4-14(7-13,9-15(22,5-10)8-13)12(21)16-6-11-17-19-20-18-11/h10,22H,2-9H2,1H3,(H,16,21)(H,17,18,19,20)/t10-,13+,14+,15+/m0/s1. The van der Waals surface area contributed by atoms with Crippen LogP contribution < -0.4 is 5.32 Å². The molecular weight excluding hydrogens is 282 g/mol.